The van der Waals surface area contributed by atoms with Crippen LogP contribution < -0.4 is 9.47 Å². The molecule has 3 rings (SSSR count). The van der Waals surface area contributed by atoms with Crippen LogP contribution in [0.5, 0.6) is 11.5 Å². The molecule has 20 heavy (non-hydrogen) atoms. The van der Waals surface area contributed by atoms with Crippen LogP contribution >= 0.6 is 11.3 Å². The summed E-state index contributed by atoms with van der Waals surface area (Å²) in [5, 5.41) is 9.98. The monoisotopic (exact) mass is 286 g/mol. The van der Waals surface area contributed by atoms with Crippen molar-refractivity contribution in [1.82, 2.24) is 4.98 Å². The van der Waals surface area contributed by atoms with Crippen LogP contribution in [0.3, 0.4) is 0 Å². The fourth-order valence-electron chi connectivity index (χ4n) is 1.99. The highest BCUT2D eigenvalue weighted by Gasteiger charge is 2.29. The molecule has 0 N–H and O–H groups in total. The van der Waals surface area contributed by atoms with Crippen LogP contribution in [0.1, 0.15) is 34.3 Å². The van der Waals surface area contributed by atoms with Crippen LogP contribution in [0.4, 0.5) is 0 Å². The van der Waals surface area contributed by atoms with E-state index in [1.807, 2.05) is 24.3 Å². The number of hydrogen-bond donors (Lipinski definition) is 0. The molecular formula is C15H14N2O2S. The Hall–Kier alpha value is -2.06. The van der Waals surface area contributed by atoms with E-state index in [2.05, 4.69) is 11.1 Å². The summed E-state index contributed by atoms with van der Waals surface area (Å²) >= 11 is 1.43. The topological polar surface area (TPSA) is 55.1 Å². The SMILES string of the molecule is COc1cccc(OCc2nc(C3CC3)c(C#N)s2)c1. The summed E-state index contributed by atoms with van der Waals surface area (Å²) in [6.45, 7) is 0.388. The first-order valence-electron chi connectivity index (χ1n) is 6.46. The molecule has 2 aromatic rings. The Morgan fingerprint density at radius 1 is 1.40 bits per heavy atom. The van der Waals surface area contributed by atoms with Gasteiger partial charge in [-0.05, 0) is 25.0 Å². The van der Waals surface area contributed by atoms with E-state index in [0.29, 0.717) is 12.5 Å². The van der Waals surface area contributed by atoms with Gasteiger partial charge in [-0.15, -0.1) is 11.3 Å². The van der Waals surface area contributed by atoms with Crippen molar-refractivity contribution >= 4 is 11.3 Å². The molecule has 0 atom stereocenters. The Labute approximate surface area is 121 Å². The van der Waals surface area contributed by atoms with Crippen molar-refractivity contribution in [3.8, 4) is 17.6 Å². The summed E-state index contributed by atoms with van der Waals surface area (Å²) < 4.78 is 10.9. The van der Waals surface area contributed by atoms with Gasteiger partial charge in [0.1, 0.15) is 34.1 Å². The lowest BCUT2D eigenvalue weighted by Gasteiger charge is -2.05. The van der Waals surface area contributed by atoms with Gasteiger partial charge >= 0.3 is 0 Å². The van der Waals surface area contributed by atoms with Crippen LogP contribution in [-0.4, -0.2) is 12.1 Å². The zero-order chi connectivity index (χ0) is 13.9. The van der Waals surface area contributed by atoms with Crippen LogP contribution in [0.2, 0.25) is 0 Å². The molecule has 5 heteroatoms. The van der Waals surface area contributed by atoms with Gasteiger partial charge in [-0.1, -0.05) is 6.07 Å². The Bertz CT molecular complexity index is 656. The number of ether oxygens (including phenoxy) is 2. The maximum Gasteiger partial charge on any atom is 0.140 e. The Kier molecular flexibility index (Phi) is 3.57. The first-order valence-corrected chi connectivity index (χ1v) is 7.28. The third kappa shape index (κ3) is 2.75. The average Bonchev–Trinajstić information content (AvgIpc) is 3.25. The molecule has 4 nitrogen and oxygen atoms in total. The number of aromatic nitrogens is 1. The molecule has 0 radical (unpaired) electrons. The standard InChI is InChI=1S/C15H14N2O2S/c1-18-11-3-2-4-12(7-11)19-9-14-17-15(10-5-6-10)13(8-16)20-14/h2-4,7,10H,5-6,9H2,1H3. The number of nitrogens with zero attached hydrogens (tertiary/aromatic N) is 2. The van der Waals surface area contributed by atoms with E-state index in [1.165, 1.54) is 11.3 Å². The predicted octanol–water partition coefficient (Wildman–Crippen LogP) is 3.48. The number of thiazole rings is 1. The zero-order valence-corrected chi connectivity index (χ0v) is 11.9. The second-order valence-corrected chi connectivity index (χ2v) is 5.76. The van der Waals surface area contributed by atoms with Gasteiger partial charge in [-0.25, -0.2) is 4.98 Å². The molecule has 0 amide bonds. The van der Waals surface area contributed by atoms with E-state index < -0.39 is 0 Å². The number of benzene rings is 1. The Morgan fingerprint density at radius 2 is 2.20 bits per heavy atom. The molecule has 1 aromatic heterocycles. The highest BCUT2D eigenvalue weighted by molar-refractivity contribution is 7.12. The molecular weight excluding hydrogens is 272 g/mol. The number of nitriles is 1. The third-order valence-electron chi connectivity index (χ3n) is 3.17. The molecule has 1 heterocycles. The smallest absolute Gasteiger partial charge is 0.140 e. The summed E-state index contributed by atoms with van der Waals surface area (Å²) in [4.78, 5) is 5.27. The van der Waals surface area contributed by atoms with Gasteiger partial charge in [0.15, 0.2) is 0 Å². The van der Waals surface area contributed by atoms with Gasteiger partial charge in [0, 0.05) is 12.0 Å². The zero-order valence-electron chi connectivity index (χ0n) is 11.1. The first kappa shape index (κ1) is 12.9. The van der Waals surface area contributed by atoms with Crippen molar-refractivity contribution in [1.29, 1.82) is 5.26 Å². The highest BCUT2D eigenvalue weighted by atomic mass is 32.1. The van der Waals surface area contributed by atoms with Crippen LogP contribution in [0.25, 0.3) is 0 Å². The van der Waals surface area contributed by atoms with Gasteiger partial charge in [0.2, 0.25) is 0 Å². The minimum Gasteiger partial charge on any atom is -0.497 e. The largest absolute Gasteiger partial charge is 0.497 e. The molecule has 0 spiro atoms. The van der Waals surface area contributed by atoms with Gasteiger partial charge in [0.05, 0.1) is 12.8 Å². The summed E-state index contributed by atoms with van der Waals surface area (Å²) in [7, 11) is 1.63. The fourth-order valence-corrected chi connectivity index (χ4v) is 2.85. The van der Waals surface area contributed by atoms with Crippen molar-refractivity contribution in [3.63, 3.8) is 0 Å². The lowest BCUT2D eigenvalue weighted by Crippen LogP contribution is -1.95. The fraction of sp³-hybridized carbons (Fsp3) is 0.333. The molecule has 102 valence electrons. The van der Waals surface area contributed by atoms with Crippen molar-refractivity contribution in [3.05, 3.63) is 39.8 Å². The van der Waals surface area contributed by atoms with E-state index in [9.17, 15) is 0 Å². The molecule has 0 bridgehead atoms. The second kappa shape index (κ2) is 5.51. The quantitative estimate of drug-likeness (QED) is 0.844. The molecule has 0 aliphatic heterocycles. The molecule has 1 fully saturated rings. The van der Waals surface area contributed by atoms with E-state index in [0.717, 1.165) is 39.9 Å². The maximum atomic E-state index is 9.13. The number of methoxy groups -OCH3 is 1. The molecule has 0 saturated heterocycles. The average molecular weight is 286 g/mol. The van der Waals surface area contributed by atoms with Gasteiger partial charge in [-0.2, -0.15) is 5.26 Å². The van der Waals surface area contributed by atoms with Crippen LogP contribution in [0.15, 0.2) is 24.3 Å². The Morgan fingerprint density at radius 3 is 2.90 bits per heavy atom. The Balaban J connectivity index is 1.70. The van der Waals surface area contributed by atoms with Crippen molar-refractivity contribution in [2.24, 2.45) is 0 Å². The molecule has 0 unspecified atom stereocenters. The molecule has 1 saturated carbocycles. The third-order valence-corrected chi connectivity index (χ3v) is 4.12. The lowest BCUT2D eigenvalue weighted by molar-refractivity contribution is 0.303. The van der Waals surface area contributed by atoms with Crippen LogP contribution in [0, 0.1) is 11.3 Å². The molecule has 1 aliphatic carbocycles. The lowest BCUT2D eigenvalue weighted by atomic mass is 10.3. The van der Waals surface area contributed by atoms with Crippen molar-refractivity contribution < 1.29 is 9.47 Å². The van der Waals surface area contributed by atoms with E-state index in [4.69, 9.17) is 14.7 Å². The summed E-state index contributed by atoms with van der Waals surface area (Å²) in [5.74, 6) is 2.00. The summed E-state index contributed by atoms with van der Waals surface area (Å²) in [5.41, 5.74) is 0.960. The first-order chi connectivity index (χ1) is 9.80. The molecule has 1 aliphatic rings. The summed E-state index contributed by atoms with van der Waals surface area (Å²) in [6, 6.07) is 9.70. The molecule has 1 aromatic carbocycles. The maximum absolute atomic E-state index is 9.13. The van der Waals surface area contributed by atoms with E-state index in [-0.39, 0.29) is 0 Å². The van der Waals surface area contributed by atoms with Gasteiger partial charge < -0.3 is 9.47 Å². The van der Waals surface area contributed by atoms with Crippen molar-refractivity contribution in [2.75, 3.05) is 7.11 Å². The summed E-state index contributed by atoms with van der Waals surface area (Å²) in [6.07, 6.45) is 2.29. The number of rotatable bonds is 5. The van der Waals surface area contributed by atoms with E-state index in [1.54, 1.807) is 7.11 Å². The van der Waals surface area contributed by atoms with Crippen molar-refractivity contribution in [2.45, 2.75) is 25.4 Å². The highest BCUT2D eigenvalue weighted by Crippen LogP contribution is 2.42. The van der Waals surface area contributed by atoms with Crippen LogP contribution in [-0.2, 0) is 6.61 Å². The number of hydrogen-bond acceptors (Lipinski definition) is 5. The predicted molar refractivity (Wildman–Crippen MR) is 76.1 cm³/mol. The second-order valence-electron chi connectivity index (χ2n) is 4.68. The minimum absolute atomic E-state index is 0.388. The van der Waals surface area contributed by atoms with Gasteiger partial charge in [0.25, 0.3) is 0 Å². The normalized spacial score (nSPS) is 13.8. The van der Waals surface area contributed by atoms with E-state index >= 15 is 0 Å². The van der Waals surface area contributed by atoms with Gasteiger partial charge in [-0.3, -0.25) is 0 Å². The minimum atomic E-state index is 0.388.